The summed E-state index contributed by atoms with van der Waals surface area (Å²) in [4.78, 5) is 29.4. The molecular weight excluding hydrogens is 1040 g/mol. The molecule has 0 amide bonds. The number of aromatic nitrogens is 3. The number of benzene rings is 1. The van der Waals surface area contributed by atoms with Crippen LogP contribution in [0.3, 0.4) is 0 Å². The minimum Gasteiger partial charge on any atom is -0.448 e. The molecule has 5 rings (SSSR count). The van der Waals surface area contributed by atoms with Gasteiger partial charge in [-0.3, -0.25) is 9.59 Å². The second kappa shape index (κ2) is 25.0. The van der Waals surface area contributed by atoms with Gasteiger partial charge in [0.25, 0.3) is 0 Å². The van der Waals surface area contributed by atoms with Crippen LogP contribution in [0.25, 0.3) is 0 Å². The largest absolute Gasteiger partial charge is 0.448 e. The molecule has 71 heavy (non-hydrogen) atoms. The number of carbonyl (C=O) groups excluding carboxylic acids is 2. The van der Waals surface area contributed by atoms with Gasteiger partial charge in [-0.05, 0) is 109 Å². The molecule has 2 aromatic rings. The Balaban J connectivity index is 1.44. The van der Waals surface area contributed by atoms with Crippen LogP contribution in [0.15, 0.2) is 30.5 Å². The minimum atomic E-state index is -1.88. The van der Waals surface area contributed by atoms with E-state index in [4.69, 9.17) is 33.2 Å². The summed E-state index contributed by atoms with van der Waals surface area (Å²) < 4.78 is 58.6. The molecule has 19 nitrogen and oxygen atoms in total. The molecule has 404 valence electrons. The summed E-state index contributed by atoms with van der Waals surface area (Å²) in [6.45, 7) is 15.5. The monoisotopic (exact) mass is 1120 g/mol. The summed E-state index contributed by atoms with van der Waals surface area (Å²) in [7, 11) is 6.64. The predicted octanol–water partition coefficient (Wildman–Crippen LogP) is 3.80. The number of halogens is 2. The molecule has 3 aliphatic rings. The van der Waals surface area contributed by atoms with E-state index in [1.165, 1.54) is 25.8 Å². The molecule has 21 heteroatoms. The Morgan fingerprint density at radius 2 is 1.66 bits per heavy atom. The van der Waals surface area contributed by atoms with Crippen LogP contribution >= 0.6 is 22.6 Å². The Bertz CT molecular complexity index is 2010. The van der Waals surface area contributed by atoms with Crippen molar-refractivity contribution in [3.05, 3.63) is 47.3 Å². The molecule has 0 saturated carbocycles. The molecule has 20 atom stereocenters. The number of methoxy groups -OCH3 is 2. The van der Waals surface area contributed by atoms with Crippen LogP contribution in [0.5, 0.6) is 0 Å². The van der Waals surface area contributed by atoms with Gasteiger partial charge in [-0.2, -0.15) is 0 Å². The van der Waals surface area contributed by atoms with Crippen molar-refractivity contribution in [2.45, 2.75) is 188 Å². The average molecular weight is 1120 g/mol. The van der Waals surface area contributed by atoms with E-state index in [-0.39, 0.29) is 18.8 Å². The SMILES string of the molecule is CO[C@H](c1ccc(C=O)cc1)[C@@H](CF)n1cc(CCN(C)[C@H]2C[C@@H](C)O[C@@H](O[C@@H]3[C@@H](C)[C@H](O[C@H]4C[C@@](C)(OC)[C@@H](O)[C@H](C)O4)[C@@H](C)C(=O)O[C@H](I)[C@@](C)(O)[C@H](O)[C@@H](C)N(C)C[C@H](C)C[C@@]3(C)O)[C@@H]2O)nn1. The lowest BCUT2D eigenvalue weighted by Gasteiger charge is -2.49. The van der Waals surface area contributed by atoms with E-state index in [1.54, 1.807) is 72.0 Å². The number of cyclic esters (lactones) is 1. The van der Waals surface area contributed by atoms with E-state index in [1.807, 2.05) is 60.3 Å². The zero-order valence-electron chi connectivity index (χ0n) is 43.6. The fraction of sp³-hybridized carbons (Fsp3) is 0.800. The molecule has 1 aromatic heterocycles. The van der Waals surface area contributed by atoms with Gasteiger partial charge in [-0.1, -0.05) is 43.3 Å². The predicted molar refractivity (Wildman–Crippen MR) is 267 cm³/mol. The van der Waals surface area contributed by atoms with Gasteiger partial charge in [0.15, 0.2) is 16.7 Å². The van der Waals surface area contributed by atoms with Gasteiger partial charge in [-0.15, -0.1) is 5.10 Å². The number of aliphatic hydroxyl groups is 5. The fourth-order valence-electron chi connectivity index (χ4n) is 10.7. The summed E-state index contributed by atoms with van der Waals surface area (Å²) in [6, 6.07) is 4.79. The van der Waals surface area contributed by atoms with Crippen LogP contribution in [-0.2, 0) is 44.4 Å². The quantitative estimate of drug-likeness (QED) is 0.0738. The van der Waals surface area contributed by atoms with Crippen molar-refractivity contribution in [1.82, 2.24) is 24.8 Å². The average Bonchev–Trinajstić information content (AvgIpc) is 3.80. The van der Waals surface area contributed by atoms with E-state index >= 15 is 0 Å². The third kappa shape index (κ3) is 13.9. The highest BCUT2D eigenvalue weighted by molar-refractivity contribution is 14.1. The lowest BCUT2D eigenvalue weighted by atomic mass is 9.77. The van der Waals surface area contributed by atoms with E-state index in [9.17, 15) is 39.5 Å². The highest BCUT2D eigenvalue weighted by Gasteiger charge is 2.53. The van der Waals surface area contributed by atoms with Crippen molar-refractivity contribution in [2.24, 2.45) is 17.8 Å². The van der Waals surface area contributed by atoms with Crippen molar-refractivity contribution in [2.75, 3.05) is 48.1 Å². The lowest BCUT2D eigenvalue weighted by molar-refractivity contribution is -0.318. The molecular formula is C50H81FIN5O14. The number of alkyl halides is 2. The molecule has 5 N–H and O–H groups in total. The second-order valence-corrected chi connectivity index (χ2v) is 22.3. The number of esters is 1. The van der Waals surface area contributed by atoms with Crippen molar-refractivity contribution in [1.29, 1.82) is 0 Å². The molecule has 0 aliphatic carbocycles. The first-order valence-electron chi connectivity index (χ1n) is 24.7. The van der Waals surface area contributed by atoms with Crippen LogP contribution in [0, 0.1) is 17.8 Å². The standard InChI is InChI=1S/C50H81FIN5O14/c1-27-21-48(7,63)44(29(3)40(69-38-22-49(8,66-13)43(61)32(6)68-38)30(4)45(62)71-47(52)50(9,64)42(60)31(5)56(11)24-27)70-46-39(59)36(20-28(2)67-46)55(10)19-18-35-25-57(54-53-35)37(23-51)41(65-12)34-16-14-33(26-58)15-17-34/h14-17,25-32,36-44,46-47,59-61,63-64H,18-24H2,1-13H3/t27-,28-,29+,30-,31-,32+,36+,37-,38+,39-,40+,41-,42-,43+,44-,46+,47+,48-,49-,50+/m1/s1. The third-order valence-corrected chi connectivity index (χ3v) is 16.8. The highest BCUT2D eigenvalue weighted by atomic mass is 127. The van der Waals surface area contributed by atoms with E-state index in [0.29, 0.717) is 42.8 Å². The number of rotatable bonds is 15. The first-order chi connectivity index (χ1) is 33.2. The number of hydrogen-bond donors (Lipinski definition) is 5. The van der Waals surface area contributed by atoms with Gasteiger partial charge in [0.2, 0.25) is 0 Å². The van der Waals surface area contributed by atoms with Gasteiger partial charge in [0.05, 0.1) is 47.2 Å². The maximum Gasteiger partial charge on any atom is 0.312 e. The van der Waals surface area contributed by atoms with Gasteiger partial charge in [-0.25, -0.2) is 9.07 Å². The highest BCUT2D eigenvalue weighted by Crippen LogP contribution is 2.41. The molecule has 0 bridgehead atoms. The van der Waals surface area contributed by atoms with Crippen LogP contribution in [0.4, 0.5) is 4.39 Å². The zero-order chi connectivity index (χ0) is 52.9. The minimum absolute atomic E-state index is 0.0766. The Morgan fingerprint density at radius 1 is 1.00 bits per heavy atom. The molecule has 0 unspecified atom stereocenters. The second-order valence-electron chi connectivity index (χ2n) is 21.2. The molecule has 3 aliphatic heterocycles. The smallest absolute Gasteiger partial charge is 0.312 e. The molecule has 3 saturated heterocycles. The van der Waals surface area contributed by atoms with Crippen molar-refractivity contribution in [3.63, 3.8) is 0 Å². The number of carbonyl (C=O) groups is 2. The number of hydrogen-bond acceptors (Lipinski definition) is 18. The van der Waals surface area contributed by atoms with E-state index in [0.717, 1.165) is 6.29 Å². The van der Waals surface area contributed by atoms with E-state index < -0.39 is 125 Å². The number of aliphatic hydroxyl groups excluding tert-OH is 3. The van der Waals surface area contributed by atoms with Crippen molar-refractivity contribution in [3.8, 4) is 0 Å². The molecule has 3 fully saturated rings. The fourth-order valence-corrected chi connectivity index (χ4v) is 11.3. The van der Waals surface area contributed by atoms with Crippen LogP contribution in [0.1, 0.15) is 115 Å². The Hall–Kier alpha value is -2.36. The number of nitrogens with zero attached hydrogens (tertiary/aromatic N) is 5. The Morgan fingerprint density at radius 3 is 2.27 bits per heavy atom. The Kier molecular flexibility index (Phi) is 20.9. The first-order valence-corrected chi connectivity index (χ1v) is 25.9. The molecule has 1 aromatic carbocycles. The third-order valence-electron chi connectivity index (χ3n) is 15.3. The maximum absolute atomic E-state index is 14.7. The van der Waals surface area contributed by atoms with Gasteiger partial charge >= 0.3 is 5.97 Å². The summed E-state index contributed by atoms with van der Waals surface area (Å²) in [5.41, 5.74) is -2.88. The van der Waals surface area contributed by atoms with Crippen LogP contribution in [0.2, 0.25) is 0 Å². The van der Waals surface area contributed by atoms with Gasteiger partial charge < -0.3 is 68.5 Å². The van der Waals surface area contributed by atoms with Crippen molar-refractivity contribution < 1.29 is 72.7 Å². The maximum atomic E-state index is 14.7. The van der Waals surface area contributed by atoms with Crippen molar-refractivity contribution >= 4 is 34.8 Å². The summed E-state index contributed by atoms with van der Waals surface area (Å²) in [6.07, 6.45) is -6.54. The molecule has 0 radical (unpaired) electrons. The normalized spacial score (nSPS) is 40.4. The van der Waals surface area contributed by atoms with Gasteiger partial charge in [0.1, 0.15) is 49.0 Å². The Labute approximate surface area is 432 Å². The lowest BCUT2D eigenvalue weighted by Crippen LogP contribution is -2.60. The topological polar surface area (TPSA) is 237 Å². The van der Waals surface area contributed by atoms with Crippen LogP contribution in [-0.4, -0.2) is 199 Å². The molecule has 4 heterocycles. The van der Waals surface area contributed by atoms with Crippen LogP contribution < -0.4 is 0 Å². The number of likely N-dealkylation sites (N-methyl/N-ethyl adjacent to an activating group) is 2. The van der Waals surface area contributed by atoms with E-state index in [2.05, 4.69) is 10.3 Å². The first kappa shape index (κ1) is 59.5. The summed E-state index contributed by atoms with van der Waals surface area (Å²) in [5, 5.41) is 67.9. The van der Waals surface area contributed by atoms with Gasteiger partial charge in [0, 0.05) is 69.9 Å². The zero-order valence-corrected chi connectivity index (χ0v) is 45.8. The number of aldehydes is 1. The summed E-state index contributed by atoms with van der Waals surface area (Å²) in [5.74, 6) is -2.93. The number of ether oxygens (including phenoxy) is 7. The summed E-state index contributed by atoms with van der Waals surface area (Å²) >= 11 is 1.81. The molecule has 0 spiro atoms.